The third kappa shape index (κ3) is 6.00. The summed E-state index contributed by atoms with van der Waals surface area (Å²) >= 11 is 7.68. The number of rotatable bonds is 7. The molecule has 0 aliphatic carbocycles. The molecule has 0 saturated heterocycles. The van der Waals surface area contributed by atoms with Gasteiger partial charge in [0.2, 0.25) is 0 Å². The van der Waals surface area contributed by atoms with Gasteiger partial charge in [-0.2, -0.15) is 0 Å². The van der Waals surface area contributed by atoms with Gasteiger partial charge in [0.05, 0.1) is 0 Å². The Morgan fingerprint density at radius 2 is 1.42 bits per heavy atom. The predicted octanol–water partition coefficient (Wildman–Crippen LogP) is 7.48. The minimum Gasteiger partial charge on any atom is -0.322 e. The van der Waals surface area contributed by atoms with E-state index in [1.165, 1.54) is 16.0 Å². The lowest BCUT2D eigenvalue weighted by molar-refractivity contribution is 0.102. The first-order valence-electron chi connectivity index (χ1n) is 10.1. The van der Waals surface area contributed by atoms with E-state index in [0.717, 1.165) is 28.4 Å². The van der Waals surface area contributed by atoms with Gasteiger partial charge in [-0.25, -0.2) is 0 Å². The van der Waals surface area contributed by atoms with Gasteiger partial charge in [0.15, 0.2) is 0 Å². The van der Waals surface area contributed by atoms with E-state index >= 15 is 0 Å². The molecule has 0 aliphatic heterocycles. The van der Waals surface area contributed by atoms with Gasteiger partial charge in [-0.05, 0) is 65.6 Å². The van der Waals surface area contributed by atoms with E-state index in [1.807, 2.05) is 84.9 Å². The highest BCUT2D eigenvalue weighted by molar-refractivity contribution is 7.98. The normalized spacial score (nSPS) is 10.6. The molecule has 4 heteroatoms. The van der Waals surface area contributed by atoms with E-state index in [4.69, 9.17) is 11.6 Å². The van der Waals surface area contributed by atoms with Gasteiger partial charge in [0.25, 0.3) is 5.91 Å². The third-order valence-electron chi connectivity index (χ3n) is 4.94. The summed E-state index contributed by atoms with van der Waals surface area (Å²) in [5.41, 5.74) is 4.97. The molecule has 4 aromatic carbocycles. The van der Waals surface area contributed by atoms with Crippen LogP contribution in [0.15, 0.2) is 108 Å². The number of carbonyl (C=O) groups excluding carboxylic acids is 1. The second kappa shape index (κ2) is 10.3. The molecule has 31 heavy (non-hydrogen) atoms. The van der Waals surface area contributed by atoms with Gasteiger partial charge in [-0.15, -0.1) is 11.8 Å². The van der Waals surface area contributed by atoms with E-state index in [9.17, 15) is 4.79 Å². The molecule has 0 unspecified atom stereocenters. The number of benzene rings is 4. The van der Waals surface area contributed by atoms with Crippen LogP contribution in [0.25, 0.3) is 0 Å². The van der Waals surface area contributed by atoms with Crippen LogP contribution in [0, 0.1) is 0 Å². The van der Waals surface area contributed by atoms with Gasteiger partial charge in [-0.1, -0.05) is 72.3 Å². The summed E-state index contributed by atoms with van der Waals surface area (Å²) in [5, 5.41) is 3.81. The van der Waals surface area contributed by atoms with Gasteiger partial charge < -0.3 is 5.32 Å². The summed E-state index contributed by atoms with van der Waals surface area (Å²) in [5.74, 6) is 0.737. The smallest absolute Gasteiger partial charge is 0.255 e. The van der Waals surface area contributed by atoms with Crippen molar-refractivity contribution in [1.82, 2.24) is 0 Å². The standard InChI is InChI=1S/C27H22ClNOS/c28-24-14-16-25(17-15-24)31-19-21-10-12-22(13-11-21)27(30)29-26-9-5-4-8-23(26)18-20-6-2-1-3-7-20/h1-17H,18-19H2,(H,29,30). The molecule has 0 atom stereocenters. The molecule has 0 aromatic heterocycles. The average molecular weight is 444 g/mol. The van der Waals surface area contributed by atoms with Crippen molar-refractivity contribution < 1.29 is 4.79 Å². The lowest BCUT2D eigenvalue weighted by atomic mass is 10.0. The number of hydrogen-bond donors (Lipinski definition) is 1. The van der Waals surface area contributed by atoms with Crippen molar-refractivity contribution >= 4 is 35.0 Å². The molecule has 4 rings (SSSR count). The number of nitrogens with one attached hydrogen (secondary N) is 1. The van der Waals surface area contributed by atoms with Crippen molar-refractivity contribution in [2.75, 3.05) is 5.32 Å². The fraction of sp³-hybridized carbons (Fsp3) is 0.0741. The molecule has 1 N–H and O–H groups in total. The van der Waals surface area contributed by atoms with Gasteiger partial charge in [0.1, 0.15) is 0 Å². The number of amides is 1. The number of thioether (sulfide) groups is 1. The van der Waals surface area contributed by atoms with E-state index < -0.39 is 0 Å². The first-order chi connectivity index (χ1) is 15.2. The van der Waals surface area contributed by atoms with Crippen molar-refractivity contribution in [1.29, 1.82) is 0 Å². The van der Waals surface area contributed by atoms with Crippen LogP contribution < -0.4 is 5.32 Å². The summed E-state index contributed by atoms with van der Waals surface area (Å²) in [4.78, 5) is 14.0. The Bertz CT molecular complexity index is 1140. The maximum atomic E-state index is 12.8. The largest absolute Gasteiger partial charge is 0.322 e. The molecule has 154 valence electrons. The lowest BCUT2D eigenvalue weighted by Gasteiger charge is -2.12. The first-order valence-corrected chi connectivity index (χ1v) is 11.4. The molecule has 0 fully saturated rings. The molecular formula is C27H22ClNOS. The molecule has 1 amide bonds. The Hall–Kier alpha value is -3.01. The number of para-hydroxylation sites is 1. The molecule has 0 bridgehead atoms. The molecule has 4 aromatic rings. The first kappa shape index (κ1) is 21.2. The van der Waals surface area contributed by atoms with E-state index in [1.54, 1.807) is 11.8 Å². The Morgan fingerprint density at radius 3 is 2.16 bits per heavy atom. The van der Waals surface area contributed by atoms with Crippen LogP contribution in [0.1, 0.15) is 27.0 Å². The van der Waals surface area contributed by atoms with Crippen LogP contribution in [0.5, 0.6) is 0 Å². The number of hydrogen-bond acceptors (Lipinski definition) is 2. The molecule has 0 spiro atoms. The Balaban J connectivity index is 1.39. The Kier molecular flexibility index (Phi) is 7.08. The zero-order chi connectivity index (χ0) is 21.5. The monoisotopic (exact) mass is 443 g/mol. The topological polar surface area (TPSA) is 29.1 Å². The molecule has 2 nitrogen and oxygen atoms in total. The van der Waals surface area contributed by atoms with Crippen LogP contribution in [-0.2, 0) is 12.2 Å². The highest BCUT2D eigenvalue weighted by Gasteiger charge is 2.10. The predicted molar refractivity (Wildman–Crippen MR) is 131 cm³/mol. The van der Waals surface area contributed by atoms with Crippen molar-refractivity contribution in [2.45, 2.75) is 17.1 Å². The highest BCUT2D eigenvalue weighted by Crippen LogP contribution is 2.25. The molecule has 0 radical (unpaired) electrons. The van der Waals surface area contributed by atoms with Crippen LogP contribution in [0.4, 0.5) is 5.69 Å². The highest BCUT2D eigenvalue weighted by atomic mass is 35.5. The van der Waals surface area contributed by atoms with Crippen molar-refractivity contribution in [3.05, 3.63) is 130 Å². The molecular weight excluding hydrogens is 422 g/mol. The fourth-order valence-electron chi connectivity index (χ4n) is 3.26. The number of halogens is 1. The van der Waals surface area contributed by atoms with Gasteiger partial charge in [-0.3, -0.25) is 4.79 Å². The molecule has 0 aliphatic rings. The minimum atomic E-state index is -0.0996. The van der Waals surface area contributed by atoms with Crippen LogP contribution >= 0.6 is 23.4 Å². The van der Waals surface area contributed by atoms with Gasteiger partial charge in [0, 0.05) is 26.9 Å². The second-order valence-electron chi connectivity index (χ2n) is 7.21. The lowest BCUT2D eigenvalue weighted by Crippen LogP contribution is -2.13. The summed E-state index contributed by atoms with van der Waals surface area (Å²) < 4.78 is 0. The van der Waals surface area contributed by atoms with Crippen LogP contribution in [-0.4, -0.2) is 5.91 Å². The second-order valence-corrected chi connectivity index (χ2v) is 8.70. The van der Waals surface area contributed by atoms with Crippen molar-refractivity contribution in [3.8, 4) is 0 Å². The van der Waals surface area contributed by atoms with E-state index in [-0.39, 0.29) is 5.91 Å². The maximum absolute atomic E-state index is 12.8. The maximum Gasteiger partial charge on any atom is 0.255 e. The number of carbonyl (C=O) groups is 1. The van der Waals surface area contributed by atoms with E-state index in [2.05, 4.69) is 23.5 Å². The Labute approximate surface area is 192 Å². The quantitative estimate of drug-likeness (QED) is 0.300. The van der Waals surface area contributed by atoms with Crippen molar-refractivity contribution in [2.24, 2.45) is 0 Å². The zero-order valence-electron chi connectivity index (χ0n) is 16.9. The van der Waals surface area contributed by atoms with Crippen molar-refractivity contribution in [3.63, 3.8) is 0 Å². The fourth-order valence-corrected chi connectivity index (χ4v) is 4.24. The summed E-state index contributed by atoms with van der Waals surface area (Å²) in [6.07, 6.45) is 0.776. The van der Waals surface area contributed by atoms with Crippen LogP contribution in [0.3, 0.4) is 0 Å². The summed E-state index contributed by atoms with van der Waals surface area (Å²) in [7, 11) is 0. The summed E-state index contributed by atoms with van der Waals surface area (Å²) in [6, 6.07) is 33.8. The Morgan fingerprint density at radius 1 is 0.742 bits per heavy atom. The molecule has 0 saturated carbocycles. The minimum absolute atomic E-state index is 0.0996. The third-order valence-corrected chi connectivity index (χ3v) is 6.27. The average Bonchev–Trinajstić information content (AvgIpc) is 2.81. The SMILES string of the molecule is O=C(Nc1ccccc1Cc1ccccc1)c1ccc(CSc2ccc(Cl)cc2)cc1. The van der Waals surface area contributed by atoms with Gasteiger partial charge >= 0.3 is 0 Å². The van der Waals surface area contributed by atoms with E-state index in [0.29, 0.717) is 5.56 Å². The number of anilines is 1. The summed E-state index contributed by atoms with van der Waals surface area (Å²) in [6.45, 7) is 0. The zero-order valence-corrected chi connectivity index (χ0v) is 18.5. The molecule has 0 heterocycles. The van der Waals surface area contributed by atoms with Crippen LogP contribution in [0.2, 0.25) is 5.02 Å².